The summed E-state index contributed by atoms with van der Waals surface area (Å²) in [6, 6.07) is 18.5. The number of benzene rings is 3. The van der Waals surface area contributed by atoms with Gasteiger partial charge in [-0.3, -0.25) is 9.69 Å². The number of rotatable bonds is 5. The number of halogens is 3. The molecule has 0 bridgehead atoms. The molecule has 3 aromatic carbocycles. The van der Waals surface area contributed by atoms with Gasteiger partial charge in [0.1, 0.15) is 12.4 Å². The lowest BCUT2D eigenvalue weighted by atomic mass is 10.2. The molecule has 3 aromatic rings. The fourth-order valence-electron chi connectivity index (χ4n) is 2.96. The van der Waals surface area contributed by atoms with Gasteiger partial charge < -0.3 is 4.74 Å². The minimum absolute atomic E-state index is 0.189. The van der Waals surface area contributed by atoms with Gasteiger partial charge in [-0.15, -0.1) is 0 Å². The molecule has 0 spiro atoms. The minimum atomic E-state index is -0.318. The Bertz CT molecular complexity index is 1160. The number of thiocarbonyl (C=S) groups is 1. The standard InChI is InChI=1S/C23H14Cl2FNO2S2/c24-18-10-15(11-19(25)21(18)29-13-14-6-8-16(26)9-7-14)12-20-22(28)27(23(30)31-20)17-4-2-1-3-5-17/h1-12H,13H2/b20-12+. The molecule has 0 radical (unpaired) electrons. The lowest BCUT2D eigenvalue weighted by Gasteiger charge is -2.14. The molecule has 1 heterocycles. The number of nitrogens with zero attached hydrogens (tertiary/aromatic N) is 1. The van der Waals surface area contributed by atoms with Gasteiger partial charge in [0, 0.05) is 0 Å². The SMILES string of the molecule is O=C1/C(=C\c2cc(Cl)c(OCc3ccc(F)cc3)c(Cl)c2)SC(=S)N1c1ccccc1. The van der Waals surface area contributed by atoms with Crippen LogP contribution in [0.25, 0.3) is 6.08 Å². The first-order valence-corrected chi connectivity index (χ1v) is 11.1. The van der Waals surface area contributed by atoms with Crippen molar-refractivity contribution in [3.63, 3.8) is 0 Å². The zero-order valence-electron chi connectivity index (χ0n) is 15.8. The molecule has 4 rings (SSSR count). The van der Waals surface area contributed by atoms with Crippen LogP contribution >= 0.6 is 47.2 Å². The minimum Gasteiger partial charge on any atom is -0.486 e. The van der Waals surface area contributed by atoms with E-state index < -0.39 is 0 Å². The number of hydrogen-bond acceptors (Lipinski definition) is 4. The van der Waals surface area contributed by atoms with Crippen LogP contribution in [-0.4, -0.2) is 10.2 Å². The summed E-state index contributed by atoms with van der Waals surface area (Å²) in [6.45, 7) is 0.189. The van der Waals surface area contributed by atoms with E-state index in [0.29, 0.717) is 36.3 Å². The predicted octanol–water partition coefficient (Wildman–Crippen LogP) is 7.12. The Hall–Kier alpha value is -2.38. The smallest absolute Gasteiger partial charge is 0.270 e. The molecule has 3 nitrogen and oxygen atoms in total. The van der Waals surface area contributed by atoms with Gasteiger partial charge in [0.2, 0.25) is 0 Å². The summed E-state index contributed by atoms with van der Waals surface area (Å²) in [6.07, 6.45) is 1.70. The van der Waals surface area contributed by atoms with E-state index >= 15 is 0 Å². The Labute approximate surface area is 198 Å². The first kappa shape index (κ1) is 21.8. The molecule has 1 aliphatic heterocycles. The average Bonchev–Trinajstić information content (AvgIpc) is 3.02. The Morgan fingerprint density at radius 1 is 1.03 bits per heavy atom. The van der Waals surface area contributed by atoms with Crippen molar-refractivity contribution in [3.8, 4) is 5.75 Å². The molecule has 1 amide bonds. The van der Waals surface area contributed by atoms with Crippen molar-refractivity contribution in [1.29, 1.82) is 0 Å². The van der Waals surface area contributed by atoms with Gasteiger partial charge in [0.25, 0.3) is 5.91 Å². The molecule has 0 aromatic heterocycles. The fourth-order valence-corrected chi connectivity index (χ4v) is 4.87. The summed E-state index contributed by atoms with van der Waals surface area (Å²) in [5.74, 6) is -0.200. The summed E-state index contributed by atoms with van der Waals surface area (Å²) in [4.78, 5) is 14.8. The van der Waals surface area contributed by atoms with E-state index in [4.69, 9.17) is 40.2 Å². The summed E-state index contributed by atoms with van der Waals surface area (Å²) in [5, 5.41) is 0.610. The van der Waals surface area contributed by atoms with Crippen LogP contribution in [0.1, 0.15) is 11.1 Å². The van der Waals surface area contributed by atoms with E-state index in [1.54, 1.807) is 30.3 Å². The van der Waals surface area contributed by atoms with Gasteiger partial charge >= 0.3 is 0 Å². The molecule has 8 heteroatoms. The Kier molecular flexibility index (Phi) is 6.62. The highest BCUT2D eigenvalue weighted by atomic mass is 35.5. The van der Waals surface area contributed by atoms with E-state index in [9.17, 15) is 9.18 Å². The van der Waals surface area contributed by atoms with Crippen LogP contribution in [0.15, 0.2) is 71.6 Å². The molecule has 0 unspecified atom stereocenters. The number of carbonyl (C=O) groups is 1. The van der Waals surface area contributed by atoms with Crippen molar-refractivity contribution >= 4 is 69.2 Å². The van der Waals surface area contributed by atoms with Gasteiger partial charge in [-0.05, 0) is 53.6 Å². The van der Waals surface area contributed by atoms with Crippen LogP contribution in [0.4, 0.5) is 10.1 Å². The third kappa shape index (κ3) is 4.93. The average molecular weight is 490 g/mol. The molecular weight excluding hydrogens is 476 g/mol. The molecule has 0 atom stereocenters. The fraction of sp³-hybridized carbons (Fsp3) is 0.0435. The monoisotopic (exact) mass is 489 g/mol. The molecule has 31 heavy (non-hydrogen) atoms. The van der Waals surface area contributed by atoms with Crippen molar-refractivity contribution in [2.45, 2.75) is 6.61 Å². The number of ether oxygens (including phenoxy) is 1. The quantitative estimate of drug-likeness (QED) is 0.282. The number of para-hydroxylation sites is 1. The highest BCUT2D eigenvalue weighted by Crippen LogP contribution is 2.39. The van der Waals surface area contributed by atoms with Gasteiger partial charge in [0.05, 0.1) is 20.6 Å². The normalized spacial score (nSPS) is 15.1. The van der Waals surface area contributed by atoms with Crippen LogP contribution in [0.2, 0.25) is 10.0 Å². The van der Waals surface area contributed by atoms with Gasteiger partial charge in [0.15, 0.2) is 10.1 Å². The largest absolute Gasteiger partial charge is 0.486 e. The van der Waals surface area contributed by atoms with Crippen molar-refractivity contribution in [2.75, 3.05) is 4.90 Å². The van der Waals surface area contributed by atoms with E-state index in [-0.39, 0.29) is 18.3 Å². The Morgan fingerprint density at radius 3 is 2.32 bits per heavy atom. The molecular formula is C23H14Cl2FNO2S2. The maximum Gasteiger partial charge on any atom is 0.270 e. The third-order valence-electron chi connectivity index (χ3n) is 4.42. The summed E-state index contributed by atoms with van der Waals surface area (Å²) >= 11 is 19.4. The molecule has 0 aliphatic carbocycles. The summed E-state index contributed by atoms with van der Waals surface area (Å²) in [7, 11) is 0. The number of hydrogen-bond donors (Lipinski definition) is 0. The van der Waals surface area contributed by atoms with Crippen LogP contribution < -0.4 is 9.64 Å². The number of anilines is 1. The summed E-state index contributed by atoms with van der Waals surface area (Å²) in [5.41, 5.74) is 2.15. The third-order valence-corrected chi connectivity index (χ3v) is 6.29. The summed E-state index contributed by atoms with van der Waals surface area (Å²) < 4.78 is 19.2. The van der Waals surface area contributed by atoms with Crippen molar-refractivity contribution in [2.24, 2.45) is 0 Å². The lowest BCUT2D eigenvalue weighted by molar-refractivity contribution is -0.113. The Morgan fingerprint density at radius 2 is 1.68 bits per heavy atom. The number of carbonyl (C=O) groups excluding carboxylic acids is 1. The molecule has 156 valence electrons. The van der Waals surface area contributed by atoms with Crippen molar-refractivity contribution < 1.29 is 13.9 Å². The topological polar surface area (TPSA) is 29.5 Å². The first-order valence-electron chi connectivity index (χ1n) is 9.11. The van der Waals surface area contributed by atoms with E-state index in [0.717, 1.165) is 5.56 Å². The second-order valence-electron chi connectivity index (χ2n) is 6.58. The second kappa shape index (κ2) is 9.40. The maximum absolute atomic E-state index is 13.0. The van der Waals surface area contributed by atoms with Crippen LogP contribution in [0, 0.1) is 5.82 Å². The van der Waals surface area contributed by atoms with Crippen LogP contribution in [0.5, 0.6) is 5.75 Å². The molecule has 0 saturated carbocycles. The molecule has 1 aliphatic rings. The Balaban J connectivity index is 1.54. The van der Waals surface area contributed by atoms with E-state index in [1.165, 1.54) is 28.8 Å². The van der Waals surface area contributed by atoms with E-state index in [1.807, 2.05) is 30.3 Å². The first-order chi connectivity index (χ1) is 14.9. The highest BCUT2D eigenvalue weighted by Gasteiger charge is 2.33. The maximum atomic E-state index is 13.0. The lowest BCUT2D eigenvalue weighted by Crippen LogP contribution is -2.27. The predicted molar refractivity (Wildman–Crippen MR) is 129 cm³/mol. The van der Waals surface area contributed by atoms with Gasteiger partial charge in [-0.2, -0.15) is 0 Å². The van der Waals surface area contributed by atoms with Crippen LogP contribution in [0.3, 0.4) is 0 Å². The molecule has 0 N–H and O–H groups in total. The zero-order chi connectivity index (χ0) is 22.0. The number of thioether (sulfide) groups is 1. The van der Waals surface area contributed by atoms with Gasteiger partial charge in [-0.25, -0.2) is 4.39 Å². The molecule has 1 fully saturated rings. The highest BCUT2D eigenvalue weighted by molar-refractivity contribution is 8.27. The van der Waals surface area contributed by atoms with Gasteiger partial charge in [-0.1, -0.05) is 77.5 Å². The van der Waals surface area contributed by atoms with E-state index in [2.05, 4.69) is 0 Å². The van der Waals surface area contributed by atoms with Crippen LogP contribution in [-0.2, 0) is 11.4 Å². The van der Waals surface area contributed by atoms with Crippen molar-refractivity contribution in [3.05, 3.63) is 98.6 Å². The second-order valence-corrected chi connectivity index (χ2v) is 9.07. The molecule has 1 saturated heterocycles. The zero-order valence-corrected chi connectivity index (χ0v) is 19.0. The number of amides is 1. The van der Waals surface area contributed by atoms with Crippen molar-refractivity contribution in [1.82, 2.24) is 0 Å².